The van der Waals surface area contributed by atoms with E-state index in [9.17, 15) is 9.32 Å². The molecule has 1 aromatic rings. The second-order valence-electron chi connectivity index (χ2n) is 2.58. The maximum absolute atomic E-state index is 10.3. The van der Waals surface area contributed by atoms with Gasteiger partial charge in [0.05, 0.1) is 7.11 Å². The van der Waals surface area contributed by atoms with Crippen LogP contribution in [-0.2, 0) is 17.8 Å². The van der Waals surface area contributed by atoms with Gasteiger partial charge in [0.25, 0.3) is 0 Å². The Morgan fingerprint density at radius 3 is 2.86 bits per heavy atom. The number of aromatic hydroxyl groups is 1. The Hall–Kier alpha value is -1.11. The SMILES string of the molecule is COc1cc(CNS(=O)O)ccc1O. The van der Waals surface area contributed by atoms with E-state index in [-0.39, 0.29) is 12.3 Å². The van der Waals surface area contributed by atoms with Gasteiger partial charge in [-0.2, -0.15) is 0 Å². The fraction of sp³-hybridized carbons (Fsp3) is 0.250. The Labute approximate surface area is 84.1 Å². The summed E-state index contributed by atoms with van der Waals surface area (Å²) in [7, 11) is 1.44. The monoisotopic (exact) mass is 217 g/mol. The highest BCUT2D eigenvalue weighted by Gasteiger charge is 2.02. The van der Waals surface area contributed by atoms with Gasteiger partial charge in [0.1, 0.15) is 0 Å². The number of hydrogen-bond acceptors (Lipinski definition) is 3. The van der Waals surface area contributed by atoms with E-state index >= 15 is 0 Å². The molecule has 1 unspecified atom stereocenters. The first kappa shape index (κ1) is 11.0. The van der Waals surface area contributed by atoms with Crippen molar-refractivity contribution < 1.29 is 18.6 Å². The van der Waals surface area contributed by atoms with Crippen LogP contribution >= 0.6 is 0 Å². The number of ether oxygens (including phenoxy) is 1. The van der Waals surface area contributed by atoms with Gasteiger partial charge < -0.3 is 9.84 Å². The summed E-state index contributed by atoms with van der Waals surface area (Å²) in [5.41, 5.74) is 0.752. The molecular weight excluding hydrogens is 206 g/mol. The first-order valence-corrected chi connectivity index (χ1v) is 4.94. The van der Waals surface area contributed by atoms with Gasteiger partial charge in [-0.05, 0) is 17.7 Å². The lowest BCUT2D eigenvalue weighted by Crippen LogP contribution is -2.15. The van der Waals surface area contributed by atoms with Crippen LogP contribution < -0.4 is 9.46 Å². The van der Waals surface area contributed by atoms with Crippen molar-refractivity contribution in [3.05, 3.63) is 23.8 Å². The van der Waals surface area contributed by atoms with Crippen molar-refractivity contribution in [2.75, 3.05) is 7.11 Å². The molecule has 1 rings (SSSR count). The van der Waals surface area contributed by atoms with E-state index < -0.39 is 11.3 Å². The number of rotatable bonds is 4. The molecule has 1 atom stereocenters. The highest BCUT2D eigenvalue weighted by atomic mass is 32.2. The fourth-order valence-corrected chi connectivity index (χ4v) is 1.27. The molecule has 0 aliphatic heterocycles. The summed E-state index contributed by atoms with van der Waals surface area (Å²) in [6.07, 6.45) is 0. The van der Waals surface area contributed by atoms with E-state index in [0.717, 1.165) is 5.56 Å². The van der Waals surface area contributed by atoms with Crippen LogP contribution in [0.1, 0.15) is 5.56 Å². The molecule has 0 saturated carbocycles. The average Bonchev–Trinajstić information content (AvgIpc) is 2.16. The predicted octanol–water partition coefficient (Wildman–Crippen LogP) is 0.627. The molecule has 1 aromatic carbocycles. The molecule has 0 bridgehead atoms. The van der Waals surface area contributed by atoms with E-state index in [1.807, 2.05) is 0 Å². The summed E-state index contributed by atoms with van der Waals surface area (Å²) in [6.45, 7) is 0.236. The minimum absolute atomic E-state index is 0.0429. The number of phenols is 1. The number of benzene rings is 1. The molecule has 78 valence electrons. The van der Waals surface area contributed by atoms with Gasteiger partial charge in [0.2, 0.25) is 11.3 Å². The third-order valence-corrected chi connectivity index (χ3v) is 2.04. The lowest BCUT2D eigenvalue weighted by atomic mass is 10.2. The summed E-state index contributed by atoms with van der Waals surface area (Å²) in [6, 6.07) is 4.70. The van der Waals surface area contributed by atoms with Gasteiger partial charge in [0, 0.05) is 6.54 Å². The van der Waals surface area contributed by atoms with Gasteiger partial charge >= 0.3 is 0 Å². The second-order valence-corrected chi connectivity index (χ2v) is 3.36. The van der Waals surface area contributed by atoms with Crippen LogP contribution in [0.5, 0.6) is 11.5 Å². The molecule has 0 saturated heterocycles. The normalized spacial score (nSPS) is 12.4. The number of hydrogen-bond donors (Lipinski definition) is 3. The van der Waals surface area contributed by atoms with Crippen molar-refractivity contribution >= 4 is 11.3 Å². The van der Waals surface area contributed by atoms with Gasteiger partial charge in [-0.15, -0.1) is 0 Å². The maximum atomic E-state index is 10.3. The zero-order chi connectivity index (χ0) is 10.6. The quantitative estimate of drug-likeness (QED) is 0.646. The van der Waals surface area contributed by atoms with Gasteiger partial charge in [-0.3, -0.25) is 4.55 Å². The molecule has 0 aliphatic carbocycles. The summed E-state index contributed by atoms with van der Waals surface area (Å²) in [4.78, 5) is 0. The molecule has 0 aromatic heterocycles. The molecule has 0 amide bonds. The zero-order valence-electron chi connectivity index (χ0n) is 7.56. The van der Waals surface area contributed by atoms with Gasteiger partial charge in [-0.25, -0.2) is 8.93 Å². The lowest BCUT2D eigenvalue weighted by Gasteiger charge is -2.05. The molecule has 0 radical (unpaired) electrons. The van der Waals surface area contributed by atoms with Crippen LogP contribution in [0.25, 0.3) is 0 Å². The van der Waals surface area contributed by atoms with E-state index in [4.69, 9.17) is 9.29 Å². The Bertz CT molecular complexity index is 342. The van der Waals surface area contributed by atoms with Crippen molar-refractivity contribution in [1.82, 2.24) is 4.72 Å². The Morgan fingerprint density at radius 1 is 1.57 bits per heavy atom. The molecule has 5 nitrogen and oxygen atoms in total. The van der Waals surface area contributed by atoms with Crippen LogP contribution in [0.4, 0.5) is 0 Å². The summed E-state index contributed by atoms with van der Waals surface area (Å²) >= 11 is -2.03. The summed E-state index contributed by atoms with van der Waals surface area (Å²) in [5, 5.41) is 9.26. The number of phenolic OH excluding ortho intramolecular Hbond substituents is 1. The van der Waals surface area contributed by atoms with Crippen LogP contribution in [0.3, 0.4) is 0 Å². The molecule has 0 fully saturated rings. The Kier molecular flexibility index (Phi) is 3.87. The lowest BCUT2D eigenvalue weighted by molar-refractivity contribution is 0.373. The van der Waals surface area contributed by atoms with Crippen LogP contribution in [-0.4, -0.2) is 21.0 Å². The molecule has 14 heavy (non-hydrogen) atoms. The predicted molar refractivity (Wildman–Crippen MR) is 52.3 cm³/mol. The maximum Gasteiger partial charge on any atom is 0.232 e. The first-order valence-electron chi connectivity index (χ1n) is 3.83. The molecule has 0 heterocycles. The minimum atomic E-state index is -2.03. The number of nitrogens with one attached hydrogen (secondary N) is 1. The second kappa shape index (κ2) is 4.94. The Morgan fingerprint density at radius 2 is 2.29 bits per heavy atom. The van der Waals surface area contributed by atoms with Crippen LogP contribution in [0.2, 0.25) is 0 Å². The van der Waals surface area contributed by atoms with E-state index in [1.165, 1.54) is 13.2 Å². The van der Waals surface area contributed by atoms with Crippen molar-refractivity contribution in [3.63, 3.8) is 0 Å². The standard InChI is InChI=1S/C8H11NO4S/c1-13-8-4-6(2-3-7(8)10)5-9-14(11)12/h2-4,9-10H,5H2,1H3,(H,11,12). The van der Waals surface area contributed by atoms with Crippen LogP contribution in [0, 0.1) is 0 Å². The van der Waals surface area contributed by atoms with Crippen LogP contribution in [0.15, 0.2) is 18.2 Å². The fourth-order valence-electron chi connectivity index (χ4n) is 0.977. The Balaban J connectivity index is 2.74. The van der Waals surface area contributed by atoms with E-state index in [2.05, 4.69) is 4.72 Å². The molecule has 0 aliphatic rings. The first-order chi connectivity index (χ1) is 6.63. The van der Waals surface area contributed by atoms with Crippen molar-refractivity contribution in [1.29, 1.82) is 0 Å². The van der Waals surface area contributed by atoms with Crippen molar-refractivity contribution in [2.24, 2.45) is 0 Å². The van der Waals surface area contributed by atoms with E-state index in [1.54, 1.807) is 12.1 Å². The van der Waals surface area contributed by atoms with Gasteiger partial charge in [0.15, 0.2) is 11.5 Å². The van der Waals surface area contributed by atoms with Crippen molar-refractivity contribution in [3.8, 4) is 11.5 Å². The third-order valence-electron chi connectivity index (χ3n) is 1.64. The van der Waals surface area contributed by atoms with E-state index in [0.29, 0.717) is 5.75 Å². The van der Waals surface area contributed by atoms with Crippen molar-refractivity contribution in [2.45, 2.75) is 6.54 Å². The zero-order valence-corrected chi connectivity index (χ0v) is 8.37. The average molecular weight is 217 g/mol. The minimum Gasteiger partial charge on any atom is -0.504 e. The molecular formula is C8H11NO4S. The largest absolute Gasteiger partial charge is 0.504 e. The molecule has 6 heteroatoms. The summed E-state index contributed by atoms with van der Waals surface area (Å²) in [5.74, 6) is 0.384. The highest BCUT2D eigenvalue weighted by Crippen LogP contribution is 2.25. The van der Waals surface area contributed by atoms with Gasteiger partial charge in [-0.1, -0.05) is 6.07 Å². The summed E-state index contributed by atoms with van der Waals surface area (Å²) < 4.78 is 26.0. The topological polar surface area (TPSA) is 78.8 Å². The molecule has 3 N–H and O–H groups in total. The highest BCUT2D eigenvalue weighted by molar-refractivity contribution is 7.77. The third kappa shape index (κ3) is 2.99. The molecule has 0 spiro atoms. The smallest absolute Gasteiger partial charge is 0.232 e. The number of methoxy groups -OCH3 is 1.